The molecule has 126 valence electrons. The van der Waals surface area contributed by atoms with Crippen molar-refractivity contribution in [1.82, 2.24) is 5.32 Å². The zero-order chi connectivity index (χ0) is 15.8. The van der Waals surface area contributed by atoms with E-state index in [-0.39, 0.29) is 30.3 Å². The molecule has 0 heterocycles. The molecule has 0 radical (unpaired) electrons. The highest BCUT2D eigenvalue weighted by Crippen LogP contribution is 2.30. The van der Waals surface area contributed by atoms with Crippen molar-refractivity contribution in [1.29, 1.82) is 0 Å². The van der Waals surface area contributed by atoms with Gasteiger partial charge < -0.3 is 20.5 Å². The fraction of sp³-hybridized carbons (Fsp3) is 0.562. The minimum absolute atomic E-state index is 0. The summed E-state index contributed by atoms with van der Waals surface area (Å²) in [5.41, 5.74) is 6.48. The SMILES string of the molecule is CCOc1ccc(C(C)NC(=O)C(C)CN)cc1OCC.Cl. The molecule has 1 aromatic rings. The molecule has 0 spiro atoms. The van der Waals surface area contributed by atoms with Crippen LogP contribution < -0.4 is 20.5 Å². The lowest BCUT2D eigenvalue weighted by Gasteiger charge is -2.19. The summed E-state index contributed by atoms with van der Waals surface area (Å²) in [4.78, 5) is 11.9. The van der Waals surface area contributed by atoms with Crippen LogP contribution in [0.4, 0.5) is 0 Å². The van der Waals surface area contributed by atoms with Crippen molar-refractivity contribution < 1.29 is 14.3 Å². The number of ether oxygens (including phenoxy) is 2. The second kappa shape index (κ2) is 10.3. The molecule has 1 rings (SSSR count). The molecule has 3 N–H and O–H groups in total. The van der Waals surface area contributed by atoms with E-state index in [0.29, 0.717) is 25.5 Å². The smallest absolute Gasteiger partial charge is 0.224 e. The highest BCUT2D eigenvalue weighted by molar-refractivity contribution is 5.85. The van der Waals surface area contributed by atoms with Gasteiger partial charge in [0.05, 0.1) is 19.3 Å². The molecule has 0 fully saturated rings. The summed E-state index contributed by atoms with van der Waals surface area (Å²) < 4.78 is 11.1. The molecule has 6 heteroatoms. The molecular formula is C16H27ClN2O3. The number of hydrogen-bond donors (Lipinski definition) is 2. The number of nitrogens with one attached hydrogen (secondary N) is 1. The van der Waals surface area contributed by atoms with Crippen LogP contribution in [-0.2, 0) is 4.79 Å². The highest BCUT2D eigenvalue weighted by atomic mass is 35.5. The maximum atomic E-state index is 11.9. The topological polar surface area (TPSA) is 73.6 Å². The molecular weight excluding hydrogens is 304 g/mol. The van der Waals surface area contributed by atoms with Gasteiger partial charge in [0.2, 0.25) is 5.91 Å². The van der Waals surface area contributed by atoms with Gasteiger partial charge in [0, 0.05) is 12.5 Å². The largest absolute Gasteiger partial charge is 0.490 e. The predicted octanol–water partition coefficient (Wildman–Crippen LogP) is 2.68. The molecule has 0 saturated heterocycles. The summed E-state index contributed by atoms with van der Waals surface area (Å²) in [6, 6.07) is 5.61. The van der Waals surface area contributed by atoms with Crippen molar-refractivity contribution in [2.24, 2.45) is 11.7 Å². The van der Waals surface area contributed by atoms with Gasteiger partial charge in [-0.2, -0.15) is 0 Å². The number of amides is 1. The summed E-state index contributed by atoms with van der Waals surface area (Å²) in [5.74, 6) is 1.18. The van der Waals surface area contributed by atoms with Crippen molar-refractivity contribution in [3.05, 3.63) is 23.8 Å². The average molecular weight is 331 g/mol. The average Bonchev–Trinajstić information content (AvgIpc) is 2.48. The summed E-state index contributed by atoms with van der Waals surface area (Å²) in [7, 11) is 0. The van der Waals surface area contributed by atoms with Crippen LogP contribution in [0.15, 0.2) is 18.2 Å². The quantitative estimate of drug-likeness (QED) is 0.768. The number of carbonyl (C=O) groups excluding carboxylic acids is 1. The minimum Gasteiger partial charge on any atom is -0.490 e. The van der Waals surface area contributed by atoms with E-state index < -0.39 is 0 Å². The molecule has 1 amide bonds. The van der Waals surface area contributed by atoms with Gasteiger partial charge in [0.15, 0.2) is 11.5 Å². The van der Waals surface area contributed by atoms with E-state index in [9.17, 15) is 4.79 Å². The van der Waals surface area contributed by atoms with Crippen LogP contribution in [0.5, 0.6) is 11.5 Å². The second-order valence-electron chi connectivity index (χ2n) is 4.94. The van der Waals surface area contributed by atoms with E-state index in [1.54, 1.807) is 0 Å². The van der Waals surface area contributed by atoms with Gasteiger partial charge >= 0.3 is 0 Å². The fourth-order valence-corrected chi connectivity index (χ4v) is 1.88. The lowest BCUT2D eigenvalue weighted by Crippen LogP contribution is -2.34. The zero-order valence-corrected chi connectivity index (χ0v) is 14.5. The Bertz CT molecular complexity index is 469. The van der Waals surface area contributed by atoms with Crippen LogP contribution in [0.3, 0.4) is 0 Å². The van der Waals surface area contributed by atoms with Crippen LogP contribution in [0.1, 0.15) is 39.3 Å². The first-order chi connectivity index (χ1) is 10.0. The molecule has 2 unspecified atom stereocenters. The Kier molecular flexibility index (Phi) is 9.61. The first-order valence-electron chi connectivity index (χ1n) is 7.43. The fourth-order valence-electron chi connectivity index (χ4n) is 1.88. The maximum absolute atomic E-state index is 11.9. The van der Waals surface area contributed by atoms with Gasteiger partial charge in [-0.15, -0.1) is 12.4 Å². The van der Waals surface area contributed by atoms with Crippen molar-refractivity contribution in [3.63, 3.8) is 0 Å². The maximum Gasteiger partial charge on any atom is 0.224 e. The van der Waals surface area contributed by atoms with E-state index in [1.807, 2.05) is 45.9 Å². The molecule has 1 aromatic carbocycles. The summed E-state index contributed by atoms with van der Waals surface area (Å²) >= 11 is 0. The van der Waals surface area contributed by atoms with Crippen molar-refractivity contribution in [2.45, 2.75) is 33.7 Å². The third kappa shape index (κ3) is 5.73. The van der Waals surface area contributed by atoms with E-state index in [4.69, 9.17) is 15.2 Å². The Labute approximate surface area is 139 Å². The van der Waals surface area contributed by atoms with Crippen molar-refractivity contribution >= 4 is 18.3 Å². The summed E-state index contributed by atoms with van der Waals surface area (Å²) in [6.07, 6.45) is 0. The third-order valence-corrected chi connectivity index (χ3v) is 3.23. The molecule has 0 bridgehead atoms. The van der Waals surface area contributed by atoms with Gasteiger partial charge in [-0.1, -0.05) is 13.0 Å². The van der Waals surface area contributed by atoms with Gasteiger partial charge in [0.1, 0.15) is 0 Å². The Morgan fingerprint density at radius 3 is 2.32 bits per heavy atom. The minimum atomic E-state index is -0.193. The standard InChI is InChI=1S/C16H26N2O3.ClH/c1-5-20-14-8-7-13(9-15(14)21-6-2)12(4)18-16(19)11(3)10-17;/h7-9,11-12H,5-6,10,17H2,1-4H3,(H,18,19);1H. The number of halogens is 1. The Morgan fingerprint density at radius 1 is 1.18 bits per heavy atom. The van der Waals surface area contributed by atoms with Crippen LogP contribution in [0, 0.1) is 5.92 Å². The van der Waals surface area contributed by atoms with Gasteiger partial charge in [0.25, 0.3) is 0 Å². The number of hydrogen-bond acceptors (Lipinski definition) is 4. The Balaban J connectivity index is 0.00000441. The lowest BCUT2D eigenvalue weighted by atomic mass is 10.1. The van der Waals surface area contributed by atoms with Crippen LogP contribution in [0.25, 0.3) is 0 Å². The number of rotatable bonds is 8. The molecule has 5 nitrogen and oxygen atoms in total. The lowest BCUT2D eigenvalue weighted by molar-refractivity contribution is -0.124. The van der Waals surface area contributed by atoms with Crippen LogP contribution in [-0.4, -0.2) is 25.7 Å². The summed E-state index contributed by atoms with van der Waals surface area (Å²) in [5, 5.41) is 2.95. The first-order valence-corrected chi connectivity index (χ1v) is 7.43. The van der Waals surface area contributed by atoms with Crippen molar-refractivity contribution in [2.75, 3.05) is 19.8 Å². The predicted molar refractivity (Wildman–Crippen MR) is 90.8 cm³/mol. The zero-order valence-electron chi connectivity index (χ0n) is 13.7. The molecule has 0 saturated carbocycles. The summed E-state index contributed by atoms with van der Waals surface area (Å²) in [6.45, 7) is 9.09. The van der Waals surface area contributed by atoms with Crippen LogP contribution >= 0.6 is 12.4 Å². The van der Waals surface area contributed by atoms with E-state index in [1.165, 1.54) is 0 Å². The van der Waals surface area contributed by atoms with Crippen molar-refractivity contribution in [3.8, 4) is 11.5 Å². The molecule has 2 atom stereocenters. The number of nitrogens with two attached hydrogens (primary N) is 1. The second-order valence-corrected chi connectivity index (χ2v) is 4.94. The van der Waals surface area contributed by atoms with Gasteiger partial charge in [-0.25, -0.2) is 0 Å². The van der Waals surface area contributed by atoms with Crippen LogP contribution in [0.2, 0.25) is 0 Å². The van der Waals surface area contributed by atoms with E-state index >= 15 is 0 Å². The Morgan fingerprint density at radius 2 is 1.77 bits per heavy atom. The van der Waals surface area contributed by atoms with Gasteiger partial charge in [-0.05, 0) is 38.5 Å². The molecule has 0 aliphatic heterocycles. The van der Waals surface area contributed by atoms with E-state index in [0.717, 1.165) is 11.3 Å². The monoisotopic (exact) mass is 330 g/mol. The number of carbonyl (C=O) groups is 1. The van der Waals surface area contributed by atoms with E-state index in [2.05, 4.69) is 5.32 Å². The number of benzene rings is 1. The molecule has 0 aliphatic carbocycles. The molecule has 0 aromatic heterocycles. The molecule has 0 aliphatic rings. The first kappa shape index (κ1) is 20.5. The molecule has 22 heavy (non-hydrogen) atoms. The third-order valence-electron chi connectivity index (χ3n) is 3.23. The Hall–Kier alpha value is -1.46. The van der Waals surface area contributed by atoms with Gasteiger partial charge in [-0.3, -0.25) is 4.79 Å². The normalized spacial score (nSPS) is 12.8. The highest BCUT2D eigenvalue weighted by Gasteiger charge is 2.16.